The lowest BCUT2D eigenvalue weighted by Gasteiger charge is -2.06. The van der Waals surface area contributed by atoms with Gasteiger partial charge in [0.25, 0.3) is 5.56 Å². The number of rotatable bonds is 4. The molecule has 0 spiro atoms. The molecule has 8 heteroatoms. The van der Waals surface area contributed by atoms with Crippen LogP contribution in [0.4, 0.5) is 13.2 Å². The highest BCUT2D eigenvalue weighted by Gasteiger charge is 2.27. The number of aromatic nitrogens is 2. The van der Waals surface area contributed by atoms with E-state index in [1.807, 2.05) is 0 Å². The topological polar surface area (TPSA) is 78.8 Å². The van der Waals surface area contributed by atoms with Crippen molar-refractivity contribution in [3.63, 3.8) is 0 Å². The van der Waals surface area contributed by atoms with E-state index in [1.54, 1.807) is 6.07 Å². The van der Waals surface area contributed by atoms with Crippen LogP contribution in [0.3, 0.4) is 0 Å². The minimum atomic E-state index is -4.37. The summed E-state index contributed by atoms with van der Waals surface area (Å²) in [7, 11) is 0. The lowest BCUT2D eigenvalue weighted by atomic mass is 10.3. The second-order valence-electron chi connectivity index (χ2n) is 3.10. The van der Waals surface area contributed by atoms with E-state index in [-0.39, 0.29) is 24.4 Å². The van der Waals surface area contributed by atoms with Crippen molar-refractivity contribution in [2.75, 3.05) is 13.2 Å². The third kappa shape index (κ3) is 4.65. The summed E-state index contributed by atoms with van der Waals surface area (Å²) in [4.78, 5) is 17.1. The predicted octanol–water partition coefficient (Wildman–Crippen LogP) is 0.763. The van der Waals surface area contributed by atoms with Gasteiger partial charge in [-0.1, -0.05) is 0 Å². The summed E-state index contributed by atoms with van der Waals surface area (Å²) < 4.78 is 39.5. The van der Waals surface area contributed by atoms with E-state index < -0.39 is 18.3 Å². The lowest BCUT2D eigenvalue weighted by molar-refractivity contribution is -0.173. The first-order valence-corrected chi connectivity index (χ1v) is 4.55. The van der Waals surface area contributed by atoms with Gasteiger partial charge in [0.1, 0.15) is 24.1 Å². The molecule has 0 bridgehead atoms. The van der Waals surface area contributed by atoms with E-state index in [0.717, 1.165) is 6.20 Å². The molecule has 1 heterocycles. The van der Waals surface area contributed by atoms with Crippen LogP contribution in [0.2, 0.25) is 0 Å². The standard InChI is InChI=1S/C9H8F3N3O2/c10-9(11,12)5-17-2-1-7-14-4-6(3-13)8(16)15-7/h4H,1-2,5H2,(H,14,15,16). The van der Waals surface area contributed by atoms with Crippen LogP contribution in [-0.2, 0) is 11.2 Å². The summed E-state index contributed by atoms with van der Waals surface area (Å²) in [5.41, 5.74) is -0.765. The van der Waals surface area contributed by atoms with E-state index in [0.29, 0.717) is 0 Å². The number of nitrogens with zero attached hydrogens (tertiary/aromatic N) is 2. The second kappa shape index (κ2) is 5.45. The van der Waals surface area contributed by atoms with E-state index >= 15 is 0 Å². The molecule has 0 saturated carbocycles. The first-order valence-electron chi connectivity index (χ1n) is 4.55. The zero-order chi connectivity index (χ0) is 12.9. The summed E-state index contributed by atoms with van der Waals surface area (Å²) in [5.74, 6) is 0.177. The van der Waals surface area contributed by atoms with E-state index in [4.69, 9.17) is 5.26 Å². The molecule has 1 N–H and O–H groups in total. The van der Waals surface area contributed by atoms with Crippen molar-refractivity contribution in [2.24, 2.45) is 0 Å². The van der Waals surface area contributed by atoms with Crippen molar-refractivity contribution >= 4 is 0 Å². The van der Waals surface area contributed by atoms with Crippen LogP contribution < -0.4 is 5.56 Å². The molecular weight excluding hydrogens is 239 g/mol. The molecule has 0 saturated heterocycles. The molecule has 0 aromatic carbocycles. The number of H-pyrrole nitrogens is 1. The third-order valence-electron chi connectivity index (χ3n) is 1.72. The largest absolute Gasteiger partial charge is 0.411 e. The van der Waals surface area contributed by atoms with Crippen LogP contribution in [0.5, 0.6) is 0 Å². The Morgan fingerprint density at radius 3 is 2.76 bits per heavy atom. The Kier molecular flexibility index (Phi) is 4.23. The van der Waals surface area contributed by atoms with Gasteiger partial charge < -0.3 is 9.72 Å². The molecule has 0 aliphatic rings. The number of hydrogen-bond donors (Lipinski definition) is 1. The number of nitriles is 1. The molecule has 0 atom stereocenters. The van der Waals surface area contributed by atoms with Crippen molar-refractivity contribution in [3.8, 4) is 6.07 Å². The Balaban J connectivity index is 2.46. The minimum Gasteiger partial charge on any atom is -0.372 e. The van der Waals surface area contributed by atoms with Gasteiger partial charge in [-0.3, -0.25) is 4.79 Å². The molecule has 0 unspecified atom stereocenters. The molecule has 17 heavy (non-hydrogen) atoms. The van der Waals surface area contributed by atoms with Gasteiger partial charge in [0, 0.05) is 6.42 Å². The molecule has 5 nitrogen and oxygen atoms in total. The monoisotopic (exact) mass is 247 g/mol. The Morgan fingerprint density at radius 1 is 1.53 bits per heavy atom. The molecule has 1 aromatic rings. The smallest absolute Gasteiger partial charge is 0.372 e. The van der Waals surface area contributed by atoms with Crippen LogP contribution in [0, 0.1) is 11.3 Å². The molecule has 0 radical (unpaired) electrons. The number of halogens is 3. The second-order valence-corrected chi connectivity index (χ2v) is 3.10. The van der Waals surface area contributed by atoms with Crippen LogP contribution in [0.1, 0.15) is 11.4 Å². The van der Waals surface area contributed by atoms with E-state index in [9.17, 15) is 18.0 Å². The first-order chi connectivity index (χ1) is 7.92. The molecule has 1 rings (SSSR count). The van der Waals surface area contributed by atoms with E-state index in [2.05, 4.69) is 14.7 Å². The Morgan fingerprint density at radius 2 is 2.24 bits per heavy atom. The van der Waals surface area contributed by atoms with Crippen LogP contribution in [0.25, 0.3) is 0 Å². The summed E-state index contributed by atoms with van der Waals surface area (Å²) in [5, 5.41) is 8.45. The molecular formula is C9H8F3N3O2. The van der Waals surface area contributed by atoms with Crippen molar-refractivity contribution in [1.82, 2.24) is 9.97 Å². The summed E-state index contributed by atoms with van der Waals surface area (Å²) in [6.07, 6.45) is -3.26. The van der Waals surface area contributed by atoms with Gasteiger partial charge in [-0.15, -0.1) is 0 Å². The average molecular weight is 247 g/mol. The first kappa shape index (κ1) is 13.2. The quantitative estimate of drug-likeness (QED) is 0.797. The van der Waals surface area contributed by atoms with Crippen molar-refractivity contribution in [1.29, 1.82) is 5.26 Å². The zero-order valence-corrected chi connectivity index (χ0v) is 8.54. The zero-order valence-electron chi connectivity index (χ0n) is 8.54. The van der Waals surface area contributed by atoms with Crippen LogP contribution in [0.15, 0.2) is 11.0 Å². The minimum absolute atomic E-state index is 0.0387. The van der Waals surface area contributed by atoms with Gasteiger partial charge in [-0.2, -0.15) is 18.4 Å². The van der Waals surface area contributed by atoms with Gasteiger partial charge >= 0.3 is 6.18 Å². The molecule has 0 amide bonds. The van der Waals surface area contributed by atoms with Crippen molar-refractivity contribution in [2.45, 2.75) is 12.6 Å². The highest BCUT2D eigenvalue weighted by atomic mass is 19.4. The highest BCUT2D eigenvalue weighted by Crippen LogP contribution is 2.14. The van der Waals surface area contributed by atoms with Crippen LogP contribution >= 0.6 is 0 Å². The van der Waals surface area contributed by atoms with Crippen molar-refractivity contribution < 1.29 is 17.9 Å². The average Bonchev–Trinajstić information content (AvgIpc) is 2.23. The lowest BCUT2D eigenvalue weighted by Crippen LogP contribution is -2.19. The molecule has 0 aliphatic carbocycles. The maximum Gasteiger partial charge on any atom is 0.411 e. The van der Waals surface area contributed by atoms with Gasteiger partial charge in [-0.25, -0.2) is 4.98 Å². The number of ether oxygens (including phenoxy) is 1. The molecule has 0 aliphatic heterocycles. The number of hydrogen-bond acceptors (Lipinski definition) is 4. The van der Waals surface area contributed by atoms with Crippen LogP contribution in [-0.4, -0.2) is 29.4 Å². The van der Waals surface area contributed by atoms with Gasteiger partial charge in [-0.05, 0) is 0 Å². The Bertz CT molecular complexity index is 476. The summed E-state index contributed by atoms with van der Waals surface area (Å²) in [6.45, 7) is -1.55. The molecule has 92 valence electrons. The molecule has 0 fully saturated rings. The Hall–Kier alpha value is -1.88. The fraction of sp³-hybridized carbons (Fsp3) is 0.444. The third-order valence-corrected chi connectivity index (χ3v) is 1.72. The van der Waals surface area contributed by atoms with Gasteiger partial charge in [0.15, 0.2) is 0 Å². The Labute approximate surface area is 93.9 Å². The van der Waals surface area contributed by atoms with E-state index in [1.165, 1.54) is 0 Å². The predicted molar refractivity (Wildman–Crippen MR) is 50.2 cm³/mol. The number of alkyl halides is 3. The van der Waals surface area contributed by atoms with Gasteiger partial charge in [0.2, 0.25) is 0 Å². The van der Waals surface area contributed by atoms with Gasteiger partial charge in [0.05, 0.1) is 12.8 Å². The number of nitrogens with one attached hydrogen (secondary N) is 1. The highest BCUT2D eigenvalue weighted by molar-refractivity contribution is 5.21. The fourth-order valence-corrected chi connectivity index (χ4v) is 0.995. The fourth-order valence-electron chi connectivity index (χ4n) is 0.995. The maximum atomic E-state index is 11.7. The number of aromatic amines is 1. The summed E-state index contributed by atoms with van der Waals surface area (Å²) in [6, 6.07) is 1.62. The summed E-state index contributed by atoms with van der Waals surface area (Å²) >= 11 is 0. The SMILES string of the molecule is N#Cc1cnc(CCOCC(F)(F)F)[nH]c1=O. The normalized spacial score (nSPS) is 11.2. The maximum absolute atomic E-state index is 11.7. The molecule has 1 aromatic heterocycles. The van der Waals surface area contributed by atoms with Crippen molar-refractivity contribution in [3.05, 3.63) is 27.9 Å².